The van der Waals surface area contributed by atoms with Crippen LogP contribution in [-0.4, -0.2) is 65.5 Å². The molecule has 0 radical (unpaired) electrons. The van der Waals surface area contributed by atoms with Gasteiger partial charge in [-0.2, -0.15) is 0 Å². The van der Waals surface area contributed by atoms with Crippen LogP contribution in [0.15, 0.2) is 24.3 Å². The van der Waals surface area contributed by atoms with Crippen molar-refractivity contribution in [2.75, 3.05) is 32.8 Å². The lowest BCUT2D eigenvalue weighted by atomic mass is 10.0. The van der Waals surface area contributed by atoms with Crippen LogP contribution in [0.25, 0.3) is 0 Å². The van der Waals surface area contributed by atoms with Gasteiger partial charge in [-0.3, -0.25) is 14.5 Å². The number of nitrogens with zero attached hydrogens (tertiary/aromatic N) is 2. The zero-order valence-electron chi connectivity index (χ0n) is 15.2. The van der Waals surface area contributed by atoms with Gasteiger partial charge in [0.05, 0.1) is 19.1 Å². The topological polar surface area (TPSA) is 72.9 Å². The minimum absolute atomic E-state index is 0.0600. The molecule has 6 heteroatoms. The monoisotopic (exact) mass is 347 g/mol. The quantitative estimate of drug-likeness (QED) is 0.733. The smallest absolute Gasteiger partial charge is 0.237 e. The first-order valence-corrected chi connectivity index (χ1v) is 9.01. The van der Waals surface area contributed by atoms with Crippen molar-refractivity contribution in [3.63, 3.8) is 0 Å². The second kappa shape index (κ2) is 9.53. The number of rotatable bonds is 8. The second-order valence-electron chi connectivity index (χ2n) is 6.51. The summed E-state index contributed by atoms with van der Waals surface area (Å²) in [6.45, 7) is 6.90. The summed E-state index contributed by atoms with van der Waals surface area (Å²) >= 11 is 0. The van der Waals surface area contributed by atoms with Crippen LogP contribution in [0, 0.1) is 6.92 Å². The summed E-state index contributed by atoms with van der Waals surface area (Å²) in [5.74, 6) is -0.165. The highest BCUT2D eigenvalue weighted by atomic mass is 16.3. The van der Waals surface area contributed by atoms with Crippen molar-refractivity contribution in [3.8, 4) is 0 Å². The molecule has 25 heavy (non-hydrogen) atoms. The molecule has 1 fully saturated rings. The normalized spacial score (nSPS) is 18.0. The lowest BCUT2D eigenvalue weighted by molar-refractivity contribution is -0.139. The zero-order valence-corrected chi connectivity index (χ0v) is 15.2. The zero-order chi connectivity index (χ0) is 18.2. The minimum atomic E-state index is -0.459. The van der Waals surface area contributed by atoms with Crippen LogP contribution in [0.5, 0.6) is 0 Å². The van der Waals surface area contributed by atoms with Gasteiger partial charge in [0.25, 0.3) is 0 Å². The fourth-order valence-corrected chi connectivity index (χ4v) is 3.23. The molecule has 0 aliphatic carbocycles. The Morgan fingerprint density at radius 1 is 1.36 bits per heavy atom. The third-order valence-electron chi connectivity index (χ3n) is 4.66. The van der Waals surface area contributed by atoms with Crippen molar-refractivity contribution in [3.05, 3.63) is 35.4 Å². The van der Waals surface area contributed by atoms with E-state index in [0.29, 0.717) is 26.2 Å². The van der Waals surface area contributed by atoms with Crippen LogP contribution in [0.4, 0.5) is 0 Å². The molecular formula is C19H29N3O3. The third kappa shape index (κ3) is 5.28. The van der Waals surface area contributed by atoms with E-state index in [1.807, 2.05) is 19.1 Å². The number of hydrogen-bond acceptors (Lipinski definition) is 4. The van der Waals surface area contributed by atoms with Crippen LogP contribution < -0.4 is 5.32 Å². The number of amides is 2. The molecule has 1 aliphatic rings. The summed E-state index contributed by atoms with van der Waals surface area (Å²) in [5, 5.41) is 12.0. The number of hydrogen-bond donors (Lipinski definition) is 2. The van der Waals surface area contributed by atoms with Crippen LogP contribution in [0.3, 0.4) is 0 Å². The molecule has 0 saturated carbocycles. The van der Waals surface area contributed by atoms with E-state index in [9.17, 15) is 9.59 Å². The molecule has 1 aliphatic heterocycles. The van der Waals surface area contributed by atoms with Crippen LogP contribution >= 0.6 is 0 Å². The fraction of sp³-hybridized carbons (Fsp3) is 0.579. The van der Waals surface area contributed by atoms with Gasteiger partial charge >= 0.3 is 0 Å². The van der Waals surface area contributed by atoms with E-state index in [4.69, 9.17) is 5.11 Å². The molecule has 0 aromatic heterocycles. The Kier molecular flexibility index (Phi) is 7.40. The number of aliphatic hydroxyl groups excluding tert-OH is 1. The molecule has 0 spiro atoms. The third-order valence-corrected chi connectivity index (χ3v) is 4.66. The summed E-state index contributed by atoms with van der Waals surface area (Å²) < 4.78 is 0. The maximum Gasteiger partial charge on any atom is 0.237 e. The molecule has 0 bridgehead atoms. The Morgan fingerprint density at radius 2 is 2.12 bits per heavy atom. The molecule has 2 N–H and O–H groups in total. The lowest BCUT2D eigenvalue weighted by Gasteiger charge is -2.36. The highest BCUT2D eigenvalue weighted by molar-refractivity contribution is 5.88. The number of carbonyl (C=O) groups excluding carboxylic acids is 2. The molecule has 1 aromatic rings. The Balaban J connectivity index is 2.09. The number of aliphatic hydroxyl groups is 1. The molecular weight excluding hydrogens is 318 g/mol. The largest absolute Gasteiger partial charge is 0.395 e. The van der Waals surface area contributed by atoms with E-state index in [-0.39, 0.29) is 24.8 Å². The fourth-order valence-electron chi connectivity index (χ4n) is 3.23. The van der Waals surface area contributed by atoms with Gasteiger partial charge in [0.1, 0.15) is 0 Å². The molecule has 1 saturated heterocycles. The molecule has 2 amide bonds. The SMILES string of the molecule is CCCN(CCO)C(=O)CC1C(=O)NCCN1Cc1ccccc1C. The van der Waals surface area contributed by atoms with Crippen LogP contribution in [0.2, 0.25) is 0 Å². The van der Waals surface area contributed by atoms with Crippen LogP contribution in [0.1, 0.15) is 30.9 Å². The average Bonchev–Trinajstić information content (AvgIpc) is 2.59. The van der Waals surface area contributed by atoms with Crippen molar-refractivity contribution >= 4 is 11.8 Å². The summed E-state index contributed by atoms with van der Waals surface area (Å²) in [6.07, 6.45) is 0.979. The van der Waals surface area contributed by atoms with E-state index in [1.165, 1.54) is 11.1 Å². The van der Waals surface area contributed by atoms with E-state index in [1.54, 1.807) is 4.90 Å². The first kappa shape index (κ1) is 19.4. The molecule has 1 aromatic carbocycles. The summed E-state index contributed by atoms with van der Waals surface area (Å²) in [7, 11) is 0. The summed E-state index contributed by atoms with van der Waals surface area (Å²) in [4.78, 5) is 28.7. The number of piperazine rings is 1. The molecule has 1 heterocycles. The van der Waals surface area contributed by atoms with Crippen LogP contribution in [-0.2, 0) is 16.1 Å². The standard InChI is InChI=1S/C19H29N3O3/c1-3-9-21(11-12-23)18(24)13-17-19(25)20-8-10-22(17)14-16-7-5-4-6-15(16)2/h4-7,17,23H,3,8-14H2,1-2H3,(H,20,25). The van der Waals surface area contributed by atoms with Crippen molar-refractivity contribution in [2.24, 2.45) is 0 Å². The molecule has 2 rings (SSSR count). The van der Waals surface area contributed by atoms with Gasteiger partial charge in [0.2, 0.25) is 11.8 Å². The van der Waals surface area contributed by atoms with Crippen molar-refractivity contribution in [2.45, 2.75) is 39.3 Å². The maximum atomic E-state index is 12.6. The van der Waals surface area contributed by atoms with Crippen molar-refractivity contribution in [1.82, 2.24) is 15.1 Å². The molecule has 1 atom stereocenters. The predicted octanol–water partition coefficient (Wildman–Crippen LogP) is 0.916. The second-order valence-corrected chi connectivity index (χ2v) is 6.51. The summed E-state index contributed by atoms with van der Waals surface area (Å²) in [6, 6.07) is 7.66. The van der Waals surface area contributed by atoms with E-state index in [0.717, 1.165) is 13.0 Å². The lowest BCUT2D eigenvalue weighted by Crippen LogP contribution is -2.56. The van der Waals surface area contributed by atoms with E-state index in [2.05, 4.69) is 29.3 Å². The van der Waals surface area contributed by atoms with Gasteiger partial charge in [-0.1, -0.05) is 31.2 Å². The molecule has 1 unspecified atom stereocenters. The van der Waals surface area contributed by atoms with Gasteiger partial charge < -0.3 is 15.3 Å². The number of benzene rings is 1. The Labute approximate surface area is 149 Å². The molecule has 138 valence electrons. The Bertz CT molecular complexity index is 585. The van der Waals surface area contributed by atoms with E-state index < -0.39 is 6.04 Å². The molecule has 6 nitrogen and oxygen atoms in total. The Morgan fingerprint density at radius 3 is 2.80 bits per heavy atom. The van der Waals surface area contributed by atoms with Crippen molar-refractivity contribution in [1.29, 1.82) is 0 Å². The first-order valence-electron chi connectivity index (χ1n) is 9.01. The Hall–Kier alpha value is -1.92. The predicted molar refractivity (Wildman–Crippen MR) is 97.0 cm³/mol. The average molecular weight is 347 g/mol. The van der Waals surface area contributed by atoms with Gasteiger partial charge in [-0.25, -0.2) is 0 Å². The highest BCUT2D eigenvalue weighted by Crippen LogP contribution is 2.17. The van der Waals surface area contributed by atoms with Crippen molar-refractivity contribution < 1.29 is 14.7 Å². The van der Waals surface area contributed by atoms with E-state index >= 15 is 0 Å². The summed E-state index contributed by atoms with van der Waals surface area (Å²) in [5.41, 5.74) is 2.36. The first-order chi connectivity index (χ1) is 12.1. The highest BCUT2D eigenvalue weighted by Gasteiger charge is 2.32. The van der Waals surface area contributed by atoms with Gasteiger partial charge in [0.15, 0.2) is 0 Å². The number of nitrogens with one attached hydrogen (secondary N) is 1. The number of aryl methyl sites for hydroxylation is 1. The maximum absolute atomic E-state index is 12.6. The van der Waals surface area contributed by atoms with Gasteiger partial charge in [0, 0.05) is 32.7 Å². The number of carbonyl (C=O) groups is 2. The van der Waals surface area contributed by atoms with Gasteiger partial charge in [-0.05, 0) is 24.5 Å². The minimum Gasteiger partial charge on any atom is -0.395 e. The van der Waals surface area contributed by atoms with Gasteiger partial charge in [-0.15, -0.1) is 0 Å².